The zero-order chi connectivity index (χ0) is 10.8. The van der Waals surface area contributed by atoms with E-state index in [0.717, 1.165) is 6.04 Å². The van der Waals surface area contributed by atoms with Crippen molar-refractivity contribution >= 4 is 0 Å². The number of nitrogens with zero attached hydrogens (tertiary/aromatic N) is 2. The summed E-state index contributed by atoms with van der Waals surface area (Å²) in [5, 5.41) is 0. The van der Waals surface area contributed by atoms with Crippen molar-refractivity contribution in [1.82, 2.24) is 9.80 Å². The predicted octanol–water partition coefficient (Wildman–Crippen LogP) is 1.19. The molecular formula is C12H24N2O. The molecule has 1 aliphatic heterocycles. The molecule has 88 valence electrons. The Labute approximate surface area is 93.4 Å². The molecule has 1 heterocycles. The summed E-state index contributed by atoms with van der Waals surface area (Å²) in [5.74, 6) is 0. The van der Waals surface area contributed by atoms with Crippen molar-refractivity contribution in [2.75, 3.05) is 33.2 Å². The molecule has 0 unspecified atom stereocenters. The van der Waals surface area contributed by atoms with Gasteiger partial charge in [-0.25, -0.2) is 0 Å². The molecule has 0 aromatic heterocycles. The van der Waals surface area contributed by atoms with Crippen LogP contribution in [0.15, 0.2) is 0 Å². The minimum atomic E-state index is 0.392. The van der Waals surface area contributed by atoms with Crippen molar-refractivity contribution < 1.29 is 4.74 Å². The van der Waals surface area contributed by atoms with Gasteiger partial charge in [0.2, 0.25) is 0 Å². The fourth-order valence-electron chi connectivity index (χ4n) is 2.52. The molecule has 3 heteroatoms. The van der Waals surface area contributed by atoms with Gasteiger partial charge in [0.1, 0.15) is 0 Å². The molecule has 0 spiro atoms. The molecule has 1 saturated heterocycles. The SMILES string of the molecule is CC(C)OC1CC(N2CCN(C)CC2)C1. The van der Waals surface area contributed by atoms with Gasteiger partial charge < -0.3 is 9.64 Å². The van der Waals surface area contributed by atoms with Gasteiger partial charge in [0.05, 0.1) is 12.2 Å². The first kappa shape index (κ1) is 11.4. The Morgan fingerprint density at radius 2 is 1.67 bits per heavy atom. The first-order chi connectivity index (χ1) is 7.15. The van der Waals surface area contributed by atoms with E-state index >= 15 is 0 Å². The summed E-state index contributed by atoms with van der Waals surface area (Å²) >= 11 is 0. The molecule has 3 nitrogen and oxygen atoms in total. The van der Waals surface area contributed by atoms with Gasteiger partial charge in [-0.15, -0.1) is 0 Å². The molecule has 15 heavy (non-hydrogen) atoms. The number of piperazine rings is 1. The molecule has 0 aromatic rings. The lowest BCUT2D eigenvalue weighted by atomic mass is 9.87. The zero-order valence-electron chi connectivity index (χ0n) is 10.3. The Morgan fingerprint density at radius 3 is 2.20 bits per heavy atom. The summed E-state index contributed by atoms with van der Waals surface area (Å²) in [6, 6.07) is 0.808. The van der Waals surface area contributed by atoms with E-state index in [1.165, 1.54) is 39.0 Å². The number of ether oxygens (including phenoxy) is 1. The van der Waals surface area contributed by atoms with Crippen molar-refractivity contribution in [3.63, 3.8) is 0 Å². The Bertz CT molecular complexity index is 194. The molecule has 0 amide bonds. The van der Waals surface area contributed by atoms with E-state index < -0.39 is 0 Å². The minimum Gasteiger partial charge on any atom is -0.375 e. The number of hydrogen-bond acceptors (Lipinski definition) is 3. The molecule has 1 saturated carbocycles. The number of likely N-dealkylation sites (N-methyl/N-ethyl adjacent to an activating group) is 1. The lowest BCUT2D eigenvalue weighted by Gasteiger charge is -2.46. The van der Waals surface area contributed by atoms with E-state index in [1.807, 2.05) is 0 Å². The Morgan fingerprint density at radius 1 is 1.07 bits per heavy atom. The molecule has 0 aromatic carbocycles. The van der Waals surface area contributed by atoms with Gasteiger partial charge in [-0.3, -0.25) is 4.90 Å². The van der Waals surface area contributed by atoms with Crippen molar-refractivity contribution in [1.29, 1.82) is 0 Å². The van der Waals surface area contributed by atoms with Crippen LogP contribution in [-0.2, 0) is 4.74 Å². The van der Waals surface area contributed by atoms with Crippen LogP contribution in [-0.4, -0.2) is 61.3 Å². The van der Waals surface area contributed by atoms with Crippen LogP contribution in [0.3, 0.4) is 0 Å². The number of rotatable bonds is 3. The fraction of sp³-hybridized carbons (Fsp3) is 1.00. The predicted molar refractivity (Wildman–Crippen MR) is 62.1 cm³/mol. The highest BCUT2D eigenvalue weighted by atomic mass is 16.5. The van der Waals surface area contributed by atoms with Crippen molar-refractivity contribution in [3.05, 3.63) is 0 Å². The second-order valence-electron chi connectivity index (χ2n) is 5.27. The van der Waals surface area contributed by atoms with Crippen LogP contribution in [0.5, 0.6) is 0 Å². The molecule has 0 radical (unpaired) electrons. The molecule has 2 aliphatic rings. The summed E-state index contributed by atoms with van der Waals surface area (Å²) in [6.07, 6.45) is 3.43. The standard InChI is InChI=1S/C12H24N2O/c1-10(2)15-12-8-11(9-12)14-6-4-13(3)5-7-14/h10-12H,4-9H2,1-3H3. The van der Waals surface area contributed by atoms with E-state index in [0.29, 0.717) is 12.2 Å². The first-order valence-electron chi connectivity index (χ1n) is 6.23. The topological polar surface area (TPSA) is 15.7 Å². The van der Waals surface area contributed by atoms with Gasteiger partial charge in [-0.05, 0) is 33.7 Å². The van der Waals surface area contributed by atoms with Gasteiger partial charge in [-0.2, -0.15) is 0 Å². The van der Waals surface area contributed by atoms with E-state index in [9.17, 15) is 0 Å². The average molecular weight is 212 g/mol. The molecule has 0 N–H and O–H groups in total. The van der Waals surface area contributed by atoms with E-state index in [4.69, 9.17) is 4.74 Å². The van der Waals surface area contributed by atoms with Gasteiger partial charge in [0.25, 0.3) is 0 Å². The van der Waals surface area contributed by atoms with Crippen LogP contribution in [0.1, 0.15) is 26.7 Å². The maximum absolute atomic E-state index is 5.79. The summed E-state index contributed by atoms with van der Waals surface area (Å²) in [6.45, 7) is 9.20. The normalized spacial score (nSPS) is 34.4. The summed E-state index contributed by atoms with van der Waals surface area (Å²) in [7, 11) is 2.21. The Balaban J connectivity index is 1.66. The maximum Gasteiger partial charge on any atom is 0.0608 e. The maximum atomic E-state index is 5.79. The van der Waals surface area contributed by atoms with Crippen LogP contribution in [0.2, 0.25) is 0 Å². The van der Waals surface area contributed by atoms with Crippen LogP contribution in [0.25, 0.3) is 0 Å². The van der Waals surface area contributed by atoms with Gasteiger partial charge in [0.15, 0.2) is 0 Å². The first-order valence-corrected chi connectivity index (χ1v) is 6.23. The highest BCUT2D eigenvalue weighted by molar-refractivity contribution is 4.90. The minimum absolute atomic E-state index is 0.392. The van der Waals surface area contributed by atoms with Crippen LogP contribution < -0.4 is 0 Å². The van der Waals surface area contributed by atoms with Crippen LogP contribution in [0.4, 0.5) is 0 Å². The second-order valence-corrected chi connectivity index (χ2v) is 5.27. The van der Waals surface area contributed by atoms with E-state index in [1.54, 1.807) is 0 Å². The highest BCUT2D eigenvalue weighted by Crippen LogP contribution is 2.29. The average Bonchev–Trinajstić information content (AvgIpc) is 2.12. The smallest absolute Gasteiger partial charge is 0.0608 e. The lowest BCUT2D eigenvalue weighted by Crippen LogP contribution is -2.55. The summed E-state index contributed by atoms with van der Waals surface area (Å²) in [4.78, 5) is 5.05. The van der Waals surface area contributed by atoms with Crippen molar-refractivity contribution in [3.8, 4) is 0 Å². The summed E-state index contributed by atoms with van der Waals surface area (Å²) < 4.78 is 5.79. The number of hydrogen-bond donors (Lipinski definition) is 0. The van der Waals surface area contributed by atoms with Gasteiger partial charge in [0, 0.05) is 32.2 Å². The Kier molecular flexibility index (Phi) is 3.65. The van der Waals surface area contributed by atoms with Crippen molar-refractivity contribution in [2.45, 2.75) is 44.9 Å². The second kappa shape index (κ2) is 4.81. The quantitative estimate of drug-likeness (QED) is 0.699. The monoisotopic (exact) mass is 212 g/mol. The third kappa shape index (κ3) is 2.92. The third-order valence-corrected chi connectivity index (χ3v) is 3.59. The van der Waals surface area contributed by atoms with Crippen LogP contribution >= 0.6 is 0 Å². The Hall–Kier alpha value is -0.120. The summed E-state index contributed by atoms with van der Waals surface area (Å²) in [5.41, 5.74) is 0. The van der Waals surface area contributed by atoms with Gasteiger partial charge in [-0.1, -0.05) is 0 Å². The molecule has 0 atom stereocenters. The molecule has 1 aliphatic carbocycles. The van der Waals surface area contributed by atoms with Gasteiger partial charge >= 0.3 is 0 Å². The lowest BCUT2D eigenvalue weighted by molar-refractivity contribution is -0.0822. The molecule has 2 fully saturated rings. The van der Waals surface area contributed by atoms with E-state index in [-0.39, 0.29) is 0 Å². The van der Waals surface area contributed by atoms with Crippen molar-refractivity contribution in [2.24, 2.45) is 0 Å². The van der Waals surface area contributed by atoms with Crippen LogP contribution in [0, 0.1) is 0 Å². The zero-order valence-corrected chi connectivity index (χ0v) is 10.3. The molecule has 0 bridgehead atoms. The third-order valence-electron chi connectivity index (χ3n) is 3.59. The molecular weight excluding hydrogens is 188 g/mol. The fourth-order valence-corrected chi connectivity index (χ4v) is 2.52. The molecule has 2 rings (SSSR count). The van der Waals surface area contributed by atoms with E-state index in [2.05, 4.69) is 30.7 Å². The largest absolute Gasteiger partial charge is 0.375 e. The highest BCUT2D eigenvalue weighted by Gasteiger charge is 2.35.